The maximum Gasteiger partial charge on any atom is 0.258 e. The second kappa shape index (κ2) is 10.6. The zero-order valence-electron chi connectivity index (χ0n) is 16.8. The third-order valence-corrected chi connectivity index (χ3v) is 5.51. The van der Waals surface area contributed by atoms with Crippen LogP contribution in [0.15, 0.2) is 72.1 Å². The monoisotopic (exact) mass is 411 g/mol. The largest absolute Gasteiger partial charge is 0.489 e. The van der Waals surface area contributed by atoms with Crippen molar-refractivity contribution >= 4 is 17.2 Å². The first-order chi connectivity index (χ1) is 14.1. The molecule has 0 saturated carbocycles. The van der Waals surface area contributed by atoms with Crippen LogP contribution in [0.1, 0.15) is 16.5 Å². The molecule has 0 radical (unpaired) electrons. The fraction of sp³-hybridized carbons (Fsp3) is 0.261. The summed E-state index contributed by atoms with van der Waals surface area (Å²) in [4.78, 5) is 14.7. The van der Waals surface area contributed by atoms with Crippen LogP contribution in [0, 0.1) is 0 Å². The molecular weight excluding hydrogens is 384 g/mol. The van der Waals surface area contributed by atoms with E-state index in [0.717, 1.165) is 11.3 Å². The van der Waals surface area contributed by atoms with Gasteiger partial charge in [0.1, 0.15) is 24.1 Å². The van der Waals surface area contributed by atoms with Crippen LogP contribution < -0.4 is 19.7 Å². The molecule has 3 aromatic rings. The predicted octanol–water partition coefficient (Wildman–Crippen LogP) is 2.71. The number of hydrogen-bond acceptors (Lipinski definition) is 4. The zero-order valence-corrected chi connectivity index (χ0v) is 17.6. The van der Waals surface area contributed by atoms with E-state index in [2.05, 4.69) is 30.9 Å². The fourth-order valence-corrected chi connectivity index (χ4v) is 3.82. The van der Waals surface area contributed by atoms with Gasteiger partial charge in [-0.25, -0.2) is 0 Å². The van der Waals surface area contributed by atoms with Gasteiger partial charge in [-0.05, 0) is 41.3 Å². The molecule has 0 spiro atoms. The molecule has 0 unspecified atom stereocenters. The number of carbonyl (C=O) groups excluding carboxylic acids is 1. The Morgan fingerprint density at radius 2 is 1.66 bits per heavy atom. The fourth-order valence-electron chi connectivity index (χ4n) is 2.87. The molecule has 0 aliphatic rings. The van der Waals surface area contributed by atoms with Gasteiger partial charge in [0.05, 0.1) is 25.5 Å². The Labute approximate surface area is 175 Å². The molecule has 1 amide bonds. The summed E-state index contributed by atoms with van der Waals surface area (Å²) in [6, 6.07) is 21.7. The molecule has 1 aromatic heterocycles. The number of carbonyl (C=O) groups is 1. The Bertz CT molecular complexity index is 865. The minimum atomic E-state index is -0.128. The average molecular weight is 412 g/mol. The van der Waals surface area contributed by atoms with Crippen molar-refractivity contribution < 1.29 is 19.2 Å². The quantitative estimate of drug-likeness (QED) is 0.539. The number of amides is 1. The third-order valence-electron chi connectivity index (χ3n) is 4.53. The van der Waals surface area contributed by atoms with Crippen LogP contribution in [0.4, 0.5) is 0 Å². The van der Waals surface area contributed by atoms with Gasteiger partial charge in [0.15, 0.2) is 6.61 Å². The summed E-state index contributed by atoms with van der Waals surface area (Å²) in [5.74, 6) is 1.27. The zero-order chi connectivity index (χ0) is 20.5. The number of thiophene rings is 1. The summed E-state index contributed by atoms with van der Waals surface area (Å²) in [5, 5.41) is 5.03. The average Bonchev–Trinajstić information content (AvgIpc) is 3.26. The van der Waals surface area contributed by atoms with Gasteiger partial charge in [0.2, 0.25) is 0 Å². The predicted molar refractivity (Wildman–Crippen MR) is 116 cm³/mol. The van der Waals surface area contributed by atoms with Gasteiger partial charge in [0.25, 0.3) is 5.91 Å². The van der Waals surface area contributed by atoms with Gasteiger partial charge in [0, 0.05) is 0 Å². The highest BCUT2D eigenvalue weighted by Gasteiger charge is 2.19. The van der Waals surface area contributed by atoms with E-state index in [9.17, 15) is 4.79 Å². The molecule has 1 atom stereocenters. The lowest BCUT2D eigenvalue weighted by atomic mass is 10.2. The molecule has 1 heterocycles. The molecule has 0 bridgehead atoms. The third kappa shape index (κ3) is 6.62. The molecule has 5 nitrogen and oxygen atoms in total. The summed E-state index contributed by atoms with van der Waals surface area (Å²) >= 11 is 1.71. The first-order valence-electron chi connectivity index (χ1n) is 9.61. The molecule has 6 heteroatoms. The second-order valence-electron chi connectivity index (χ2n) is 6.98. The summed E-state index contributed by atoms with van der Waals surface area (Å²) in [6.07, 6.45) is 0. The number of nitrogens with one attached hydrogen (secondary N) is 2. The normalized spacial score (nSPS) is 11.8. The van der Waals surface area contributed by atoms with Crippen molar-refractivity contribution in [2.75, 3.05) is 27.2 Å². The maximum absolute atomic E-state index is 12.2. The summed E-state index contributed by atoms with van der Waals surface area (Å²) in [5.41, 5.74) is 1.12. The van der Waals surface area contributed by atoms with Gasteiger partial charge in [-0.3, -0.25) is 4.79 Å². The summed E-state index contributed by atoms with van der Waals surface area (Å²) < 4.78 is 11.4. The molecular formula is C23H27N2O3S+. The molecule has 3 rings (SSSR count). The molecule has 0 aliphatic heterocycles. The Kier molecular flexibility index (Phi) is 7.67. The minimum Gasteiger partial charge on any atom is -0.489 e. The van der Waals surface area contributed by atoms with E-state index in [4.69, 9.17) is 9.47 Å². The summed E-state index contributed by atoms with van der Waals surface area (Å²) in [6.45, 7) is 1.09. The van der Waals surface area contributed by atoms with Gasteiger partial charge in [-0.1, -0.05) is 36.4 Å². The second-order valence-corrected chi connectivity index (χ2v) is 7.96. The van der Waals surface area contributed by atoms with Gasteiger partial charge < -0.3 is 19.7 Å². The Balaban J connectivity index is 1.41. The SMILES string of the molecule is C[NH+](C)[C@H](CNC(=O)COc1ccc(OCc2ccccc2)cc1)c1cccs1. The molecule has 0 fully saturated rings. The van der Waals surface area contributed by atoms with E-state index in [0.29, 0.717) is 18.9 Å². The maximum atomic E-state index is 12.2. The topological polar surface area (TPSA) is 52.0 Å². The van der Waals surface area contributed by atoms with Crippen LogP contribution in [-0.2, 0) is 11.4 Å². The van der Waals surface area contributed by atoms with Crippen LogP contribution >= 0.6 is 11.3 Å². The first kappa shape index (κ1) is 20.9. The number of benzene rings is 2. The molecule has 0 aliphatic carbocycles. The number of hydrogen-bond donors (Lipinski definition) is 2. The van der Waals surface area contributed by atoms with E-state index in [1.807, 2.05) is 60.7 Å². The lowest BCUT2D eigenvalue weighted by molar-refractivity contribution is -0.890. The van der Waals surface area contributed by atoms with Gasteiger partial charge >= 0.3 is 0 Å². The van der Waals surface area contributed by atoms with Crippen molar-refractivity contribution in [3.63, 3.8) is 0 Å². The van der Waals surface area contributed by atoms with E-state index in [1.54, 1.807) is 11.3 Å². The van der Waals surface area contributed by atoms with Crippen LogP contribution in [-0.4, -0.2) is 33.2 Å². The lowest BCUT2D eigenvalue weighted by Gasteiger charge is -2.20. The van der Waals surface area contributed by atoms with E-state index in [-0.39, 0.29) is 18.6 Å². The first-order valence-corrected chi connectivity index (χ1v) is 10.5. The number of rotatable bonds is 10. The smallest absolute Gasteiger partial charge is 0.258 e. The van der Waals surface area contributed by atoms with Crippen LogP contribution in [0.5, 0.6) is 11.5 Å². The highest BCUT2D eigenvalue weighted by Crippen LogP contribution is 2.19. The molecule has 29 heavy (non-hydrogen) atoms. The van der Waals surface area contributed by atoms with Crippen LogP contribution in [0.2, 0.25) is 0 Å². The van der Waals surface area contributed by atoms with Crippen molar-refractivity contribution in [2.45, 2.75) is 12.6 Å². The van der Waals surface area contributed by atoms with Crippen LogP contribution in [0.25, 0.3) is 0 Å². The van der Waals surface area contributed by atoms with Gasteiger partial charge in [-0.2, -0.15) is 0 Å². The summed E-state index contributed by atoms with van der Waals surface area (Å²) in [7, 11) is 4.18. The Morgan fingerprint density at radius 1 is 0.966 bits per heavy atom. The molecule has 0 saturated heterocycles. The van der Waals surface area contributed by atoms with Crippen molar-refractivity contribution in [3.05, 3.63) is 82.6 Å². The molecule has 2 N–H and O–H groups in total. The van der Waals surface area contributed by atoms with Crippen molar-refractivity contribution in [3.8, 4) is 11.5 Å². The van der Waals surface area contributed by atoms with Crippen molar-refractivity contribution in [1.29, 1.82) is 0 Å². The van der Waals surface area contributed by atoms with Crippen molar-refractivity contribution in [1.82, 2.24) is 5.32 Å². The Morgan fingerprint density at radius 3 is 2.28 bits per heavy atom. The highest BCUT2D eigenvalue weighted by molar-refractivity contribution is 7.10. The molecule has 152 valence electrons. The number of likely N-dealkylation sites (N-methyl/N-ethyl adjacent to an activating group) is 1. The van der Waals surface area contributed by atoms with E-state index >= 15 is 0 Å². The lowest BCUT2D eigenvalue weighted by Crippen LogP contribution is -3.06. The Hall–Kier alpha value is -2.83. The van der Waals surface area contributed by atoms with Crippen LogP contribution in [0.3, 0.4) is 0 Å². The highest BCUT2D eigenvalue weighted by atomic mass is 32.1. The number of quaternary nitrogens is 1. The number of ether oxygens (including phenoxy) is 2. The minimum absolute atomic E-state index is 0.00978. The standard InChI is InChI=1S/C23H26N2O3S/c1-25(2)21(22-9-6-14-29-22)15-24-23(26)17-28-20-12-10-19(11-13-20)27-16-18-7-4-3-5-8-18/h3-14,21H,15-17H2,1-2H3,(H,24,26)/p+1/t21-/m1/s1. The van der Waals surface area contributed by atoms with E-state index < -0.39 is 0 Å². The molecule has 2 aromatic carbocycles. The van der Waals surface area contributed by atoms with E-state index in [1.165, 1.54) is 9.78 Å². The van der Waals surface area contributed by atoms with Crippen molar-refractivity contribution in [2.24, 2.45) is 0 Å². The van der Waals surface area contributed by atoms with Gasteiger partial charge in [-0.15, -0.1) is 11.3 Å².